The molecule has 0 saturated carbocycles. The Morgan fingerprint density at radius 2 is 1.89 bits per heavy atom. The number of aryl methyl sites for hydroxylation is 1. The van der Waals surface area contributed by atoms with E-state index in [0.29, 0.717) is 6.42 Å². The second-order valence-electron chi connectivity index (χ2n) is 4.69. The molecule has 0 radical (unpaired) electrons. The van der Waals surface area contributed by atoms with Crippen molar-refractivity contribution in [2.75, 3.05) is 0 Å². The minimum atomic E-state index is -0.617. The van der Waals surface area contributed by atoms with Gasteiger partial charge in [0.25, 0.3) is 0 Å². The van der Waals surface area contributed by atoms with Gasteiger partial charge in [0, 0.05) is 5.92 Å². The van der Waals surface area contributed by atoms with Crippen molar-refractivity contribution in [3.05, 3.63) is 34.9 Å². The number of hydrogen-bond acceptors (Lipinski definition) is 1. The molecular weight excluding hydrogens is 234 g/mol. The van der Waals surface area contributed by atoms with E-state index >= 15 is 0 Å². The Labute approximate surface area is 107 Å². The molecule has 0 N–H and O–H groups in total. The highest BCUT2D eigenvalue weighted by Crippen LogP contribution is 2.22. The van der Waals surface area contributed by atoms with Crippen molar-refractivity contribution in [2.24, 2.45) is 5.92 Å². The highest BCUT2D eigenvalue weighted by Gasteiger charge is 2.22. The molecule has 0 aliphatic carbocycles. The minimum Gasteiger partial charge on any atom is -0.294 e. The fourth-order valence-corrected chi connectivity index (χ4v) is 2.03. The molecule has 0 aliphatic heterocycles. The lowest BCUT2D eigenvalue weighted by atomic mass is 9.90. The molecule has 1 nitrogen and oxygen atoms in total. The van der Waals surface area contributed by atoms with Gasteiger partial charge in [0.2, 0.25) is 0 Å². The topological polar surface area (TPSA) is 17.1 Å². The van der Waals surface area contributed by atoms with Crippen LogP contribution in [0.4, 0.5) is 8.78 Å². The number of benzene rings is 1. The monoisotopic (exact) mass is 254 g/mol. The fourth-order valence-electron chi connectivity index (χ4n) is 2.03. The Morgan fingerprint density at radius 1 is 1.22 bits per heavy atom. The molecule has 1 aromatic carbocycles. The molecule has 0 heterocycles. The van der Waals surface area contributed by atoms with Gasteiger partial charge >= 0.3 is 0 Å². The predicted molar refractivity (Wildman–Crippen MR) is 68.7 cm³/mol. The fraction of sp³-hybridized carbons (Fsp3) is 0.533. The number of halogens is 2. The minimum absolute atomic E-state index is 0.110. The van der Waals surface area contributed by atoms with Gasteiger partial charge < -0.3 is 0 Å². The maximum atomic E-state index is 13.7. The van der Waals surface area contributed by atoms with Crippen molar-refractivity contribution in [1.82, 2.24) is 0 Å². The Morgan fingerprint density at radius 3 is 2.44 bits per heavy atom. The summed E-state index contributed by atoms with van der Waals surface area (Å²) in [5.41, 5.74) is 0.117. The number of carbonyl (C=O) groups excluding carboxylic acids is 1. The summed E-state index contributed by atoms with van der Waals surface area (Å²) in [5.74, 6) is -1.62. The van der Waals surface area contributed by atoms with Crippen molar-refractivity contribution < 1.29 is 13.6 Å². The number of Topliss-reactive ketones (excluding diaryl/α,β-unsaturated/α-hetero) is 1. The summed E-state index contributed by atoms with van der Waals surface area (Å²) in [7, 11) is 0. The van der Waals surface area contributed by atoms with Crippen LogP contribution in [0.1, 0.15) is 55.5 Å². The van der Waals surface area contributed by atoms with Gasteiger partial charge in [0.15, 0.2) is 5.78 Å². The highest BCUT2D eigenvalue weighted by molar-refractivity contribution is 5.98. The molecule has 0 aliphatic rings. The van der Waals surface area contributed by atoms with E-state index in [2.05, 4.69) is 0 Å². The van der Waals surface area contributed by atoms with E-state index < -0.39 is 11.6 Å². The first kappa shape index (κ1) is 14.8. The zero-order chi connectivity index (χ0) is 13.7. The van der Waals surface area contributed by atoms with Crippen LogP contribution in [0.5, 0.6) is 0 Å². The first-order chi connectivity index (χ1) is 8.51. The largest absolute Gasteiger partial charge is 0.294 e. The summed E-state index contributed by atoms with van der Waals surface area (Å²) in [6.45, 7) is 5.44. The molecule has 100 valence electrons. The van der Waals surface area contributed by atoms with Crippen molar-refractivity contribution in [1.29, 1.82) is 0 Å². The molecule has 18 heavy (non-hydrogen) atoms. The van der Waals surface area contributed by atoms with Crippen molar-refractivity contribution in [2.45, 2.75) is 46.5 Å². The number of hydrogen-bond donors (Lipinski definition) is 0. The van der Waals surface area contributed by atoms with Crippen LogP contribution in [0.2, 0.25) is 0 Å². The normalized spacial score (nSPS) is 12.5. The van der Waals surface area contributed by atoms with E-state index in [9.17, 15) is 13.6 Å². The second kappa shape index (κ2) is 6.62. The van der Waals surface area contributed by atoms with Gasteiger partial charge in [-0.1, -0.05) is 26.7 Å². The second-order valence-corrected chi connectivity index (χ2v) is 4.69. The first-order valence-corrected chi connectivity index (χ1v) is 6.51. The third-order valence-corrected chi connectivity index (χ3v) is 3.28. The van der Waals surface area contributed by atoms with Crippen LogP contribution >= 0.6 is 0 Å². The quantitative estimate of drug-likeness (QED) is 0.674. The Hall–Kier alpha value is -1.25. The summed E-state index contributed by atoms with van der Waals surface area (Å²) in [5, 5.41) is 0. The lowest BCUT2D eigenvalue weighted by Crippen LogP contribution is -2.16. The zero-order valence-electron chi connectivity index (χ0n) is 11.2. The van der Waals surface area contributed by atoms with Gasteiger partial charge in [-0.15, -0.1) is 0 Å². The van der Waals surface area contributed by atoms with E-state index in [1.807, 2.05) is 13.8 Å². The van der Waals surface area contributed by atoms with Crippen LogP contribution in [-0.2, 0) is 0 Å². The van der Waals surface area contributed by atoms with Crippen LogP contribution in [0.3, 0.4) is 0 Å². The Balaban J connectivity index is 2.98. The van der Waals surface area contributed by atoms with Gasteiger partial charge in [-0.25, -0.2) is 8.78 Å². The van der Waals surface area contributed by atoms with Crippen molar-refractivity contribution in [3.63, 3.8) is 0 Å². The maximum Gasteiger partial charge on any atom is 0.168 e. The average Bonchev–Trinajstić information content (AvgIpc) is 2.34. The molecule has 1 aromatic rings. The molecule has 1 unspecified atom stereocenters. The van der Waals surface area contributed by atoms with Gasteiger partial charge in [-0.3, -0.25) is 4.79 Å². The summed E-state index contributed by atoms with van der Waals surface area (Å²) >= 11 is 0. The van der Waals surface area contributed by atoms with E-state index in [0.717, 1.165) is 31.4 Å². The lowest BCUT2D eigenvalue weighted by molar-refractivity contribution is 0.0903. The third kappa shape index (κ3) is 3.37. The van der Waals surface area contributed by atoms with Gasteiger partial charge in [-0.2, -0.15) is 0 Å². The smallest absolute Gasteiger partial charge is 0.168 e. The van der Waals surface area contributed by atoms with Crippen molar-refractivity contribution in [3.8, 4) is 0 Å². The van der Waals surface area contributed by atoms with Gasteiger partial charge in [0.05, 0.1) is 5.56 Å². The number of ketones is 1. The van der Waals surface area contributed by atoms with E-state index in [4.69, 9.17) is 0 Å². The van der Waals surface area contributed by atoms with Crippen LogP contribution in [0, 0.1) is 24.5 Å². The molecular formula is C15H20F2O. The first-order valence-electron chi connectivity index (χ1n) is 6.51. The molecule has 1 atom stereocenters. The van der Waals surface area contributed by atoms with Crippen LogP contribution in [-0.4, -0.2) is 5.78 Å². The Kier molecular flexibility index (Phi) is 5.45. The van der Waals surface area contributed by atoms with E-state index in [-0.39, 0.29) is 22.8 Å². The predicted octanol–water partition coefficient (Wildman–Crippen LogP) is 4.67. The van der Waals surface area contributed by atoms with Crippen molar-refractivity contribution >= 4 is 5.78 Å². The SMILES string of the molecule is CCCCC(CC)C(=O)c1cc(F)c(C)cc1F. The van der Waals surface area contributed by atoms with Gasteiger partial charge in [-0.05, 0) is 37.5 Å². The van der Waals surface area contributed by atoms with Crippen LogP contribution in [0.25, 0.3) is 0 Å². The molecule has 3 heteroatoms. The number of rotatable bonds is 6. The summed E-state index contributed by atoms with van der Waals surface area (Å²) < 4.78 is 27.1. The van der Waals surface area contributed by atoms with E-state index in [1.165, 1.54) is 6.92 Å². The zero-order valence-corrected chi connectivity index (χ0v) is 11.2. The maximum absolute atomic E-state index is 13.7. The molecule has 0 bridgehead atoms. The summed E-state index contributed by atoms with van der Waals surface area (Å²) in [6.07, 6.45) is 3.32. The lowest BCUT2D eigenvalue weighted by Gasteiger charge is -2.14. The van der Waals surface area contributed by atoms with Crippen LogP contribution < -0.4 is 0 Å². The van der Waals surface area contributed by atoms with Crippen LogP contribution in [0.15, 0.2) is 12.1 Å². The number of unbranched alkanes of at least 4 members (excludes halogenated alkanes) is 1. The third-order valence-electron chi connectivity index (χ3n) is 3.28. The Bertz CT molecular complexity index is 427. The average molecular weight is 254 g/mol. The van der Waals surface area contributed by atoms with E-state index in [1.54, 1.807) is 0 Å². The molecule has 0 spiro atoms. The summed E-state index contributed by atoms with van der Waals surface area (Å²) in [6, 6.07) is 2.12. The standard InChI is InChI=1S/C15H20F2O/c1-4-6-7-11(5-2)15(18)12-9-13(16)10(3)8-14(12)17/h8-9,11H,4-7H2,1-3H3. The van der Waals surface area contributed by atoms with Gasteiger partial charge in [0.1, 0.15) is 11.6 Å². The molecule has 0 amide bonds. The molecule has 1 rings (SSSR count). The molecule has 0 aromatic heterocycles. The number of carbonyl (C=O) groups is 1. The summed E-state index contributed by atoms with van der Waals surface area (Å²) in [4.78, 5) is 12.2. The molecule has 0 saturated heterocycles. The molecule has 0 fully saturated rings. The highest BCUT2D eigenvalue weighted by atomic mass is 19.1.